The summed E-state index contributed by atoms with van der Waals surface area (Å²) in [5.74, 6) is 0. The van der Waals surface area contributed by atoms with Crippen molar-refractivity contribution < 1.29 is 0 Å². The van der Waals surface area contributed by atoms with Gasteiger partial charge in [0.1, 0.15) is 0 Å². The first-order valence-electron chi connectivity index (χ1n) is 5.14. The van der Waals surface area contributed by atoms with Crippen LogP contribution in [0.1, 0.15) is 28.7 Å². The number of hydrogen-bond acceptors (Lipinski definition) is 4. The largest absolute Gasteiger partial charge is 0.319 e. The molecule has 5 nitrogen and oxygen atoms in total. The predicted octanol–water partition coefficient (Wildman–Crippen LogP) is 0.875. The molecule has 16 heavy (non-hydrogen) atoms. The van der Waals surface area contributed by atoms with Crippen LogP contribution in [0.3, 0.4) is 0 Å². The van der Waals surface area contributed by atoms with Gasteiger partial charge in [-0.25, -0.2) is 0 Å². The third-order valence-electron chi connectivity index (χ3n) is 2.53. The molecule has 0 fully saturated rings. The molecule has 2 heterocycles. The molecule has 0 aromatic carbocycles. The van der Waals surface area contributed by atoms with Gasteiger partial charge in [0, 0.05) is 13.2 Å². The molecule has 0 saturated carbocycles. The molecule has 1 atom stereocenters. The second kappa shape index (κ2) is 4.02. The Labute approximate surface area is 94.3 Å². The van der Waals surface area contributed by atoms with Crippen molar-refractivity contribution in [3.05, 3.63) is 41.0 Å². The van der Waals surface area contributed by atoms with E-state index in [-0.39, 0.29) is 6.04 Å². The van der Waals surface area contributed by atoms with Crippen LogP contribution in [0.15, 0.2) is 18.3 Å². The predicted molar refractivity (Wildman–Crippen MR) is 60.7 cm³/mol. The first kappa shape index (κ1) is 10.8. The van der Waals surface area contributed by atoms with E-state index in [0.29, 0.717) is 0 Å². The Bertz CT molecular complexity index is 503. The molecule has 0 aliphatic rings. The van der Waals surface area contributed by atoms with E-state index in [1.54, 1.807) is 4.68 Å². The standard InChI is InChI=1S/C11H15N5/c1-7-6-9(8(2)14-13-7)11(12)10-4-5-16(3)15-10/h4-6,11H,12H2,1-3H3. The minimum absolute atomic E-state index is 0.240. The summed E-state index contributed by atoms with van der Waals surface area (Å²) in [6.07, 6.45) is 1.88. The van der Waals surface area contributed by atoms with Crippen LogP contribution in [0, 0.1) is 13.8 Å². The molecule has 84 valence electrons. The maximum Gasteiger partial charge on any atom is 0.0837 e. The van der Waals surface area contributed by atoms with Gasteiger partial charge < -0.3 is 5.73 Å². The fourth-order valence-electron chi connectivity index (χ4n) is 1.64. The van der Waals surface area contributed by atoms with Crippen molar-refractivity contribution in [1.82, 2.24) is 20.0 Å². The number of nitrogens with two attached hydrogens (primary N) is 1. The highest BCUT2D eigenvalue weighted by Crippen LogP contribution is 2.19. The molecule has 0 bridgehead atoms. The number of aryl methyl sites for hydroxylation is 3. The van der Waals surface area contributed by atoms with Crippen LogP contribution in [-0.2, 0) is 7.05 Å². The van der Waals surface area contributed by atoms with Crippen molar-refractivity contribution in [2.45, 2.75) is 19.9 Å². The summed E-state index contributed by atoms with van der Waals surface area (Å²) in [7, 11) is 1.87. The minimum Gasteiger partial charge on any atom is -0.319 e. The lowest BCUT2D eigenvalue weighted by Gasteiger charge is -2.11. The summed E-state index contributed by atoms with van der Waals surface area (Å²) in [5.41, 5.74) is 9.70. The molecule has 0 aliphatic heterocycles. The lowest BCUT2D eigenvalue weighted by Crippen LogP contribution is -2.15. The van der Waals surface area contributed by atoms with Crippen LogP contribution in [0.2, 0.25) is 0 Å². The SMILES string of the molecule is Cc1cc(C(N)c2ccn(C)n2)c(C)nn1. The molecule has 5 heteroatoms. The second-order valence-electron chi connectivity index (χ2n) is 3.92. The molecule has 2 rings (SSSR count). The third-order valence-corrected chi connectivity index (χ3v) is 2.53. The topological polar surface area (TPSA) is 69.6 Å². The lowest BCUT2D eigenvalue weighted by molar-refractivity contribution is 0.708. The van der Waals surface area contributed by atoms with Gasteiger partial charge >= 0.3 is 0 Å². The maximum atomic E-state index is 6.16. The maximum absolute atomic E-state index is 6.16. The van der Waals surface area contributed by atoms with E-state index in [1.165, 1.54) is 0 Å². The molecule has 0 amide bonds. The molecule has 2 N–H and O–H groups in total. The van der Waals surface area contributed by atoms with Crippen molar-refractivity contribution >= 4 is 0 Å². The fraction of sp³-hybridized carbons (Fsp3) is 0.364. The van der Waals surface area contributed by atoms with E-state index in [9.17, 15) is 0 Å². The average Bonchev–Trinajstić information content (AvgIpc) is 2.67. The van der Waals surface area contributed by atoms with Gasteiger partial charge in [0.15, 0.2) is 0 Å². The first-order chi connectivity index (χ1) is 7.58. The van der Waals surface area contributed by atoms with E-state index in [4.69, 9.17) is 5.73 Å². The Morgan fingerprint density at radius 3 is 2.69 bits per heavy atom. The van der Waals surface area contributed by atoms with E-state index in [0.717, 1.165) is 22.6 Å². The van der Waals surface area contributed by atoms with Gasteiger partial charge in [-0.15, -0.1) is 0 Å². The zero-order chi connectivity index (χ0) is 11.7. The summed E-state index contributed by atoms with van der Waals surface area (Å²) in [6, 6.07) is 3.64. The highest BCUT2D eigenvalue weighted by molar-refractivity contribution is 5.29. The monoisotopic (exact) mass is 217 g/mol. The van der Waals surface area contributed by atoms with Crippen molar-refractivity contribution in [2.24, 2.45) is 12.8 Å². The van der Waals surface area contributed by atoms with Crippen LogP contribution in [-0.4, -0.2) is 20.0 Å². The van der Waals surface area contributed by atoms with Gasteiger partial charge in [0.25, 0.3) is 0 Å². The van der Waals surface area contributed by atoms with Crippen molar-refractivity contribution in [2.75, 3.05) is 0 Å². The summed E-state index contributed by atoms with van der Waals surface area (Å²) >= 11 is 0. The van der Waals surface area contributed by atoms with Crippen LogP contribution in [0.5, 0.6) is 0 Å². The number of hydrogen-bond donors (Lipinski definition) is 1. The highest BCUT2D eigenvalue weighted by atomic mass is 15.3. The van der Waals surface area contributed by atoms with Crippen molar-refractivity contribution in [3.8, 4) is 0 Å². The molecule has 0 aliphatic carbocycles. The van der Waals surface area contributed by atoms with E-state index in [1.807, 2.05) is 39.2 Å². The van der Waals surface area contributed by atoms with Gasteiger partial charge in [-0.2, -0.15) is 15.3 Å². The van der Waals surface area contributed by atoms with Crippen molar-refractivity contribution in [3.63, 3.8) is 0 Å². The van der Waals surface area contributed by atoms with Gasteiger partial charge in [-0.05, 0) is 31.5 Å². The zero-order valence-corrected chi connectivity index (χ0v) is 9.68. The normalized spacial score (nSPS) is 12.8. The van der Waals surface area contributed by atoms with Crippen molar-refractivity contribution in [1.29, 1.82) is 0 Å². The summed E-state index contributed by atoms with van der Waals surface area (Å²) in [4.78, 5) is 0. The molecule has 1 unspecified atom stereocenters. The van der Waals surface area contributed by atoms with Gasteiger partial charge in [-0.1, -0.05) is 0 Å². The van der Waals surface area contributed by atoms with Gasteiger partial charge in [0.2, 0.25) is 0 Å². The minimum atomic E-state index is -0.240. The first-order valence-corrected chi connectivity index (χ1v) is 5.14. The van der Waals surface area contributed by atoms with E-state index in [2.05, 4.69) is 15.3 Å². The van der Waals surface area contributed by atoms with Crippen LogP contribution >= 0.6 is 0 Å². The number of rotatable bonds is 2. The van der Waals surface area contributed by atoms with E-state index < -0.39 is 0 Å². The molecule has 2 aromatic rings. The number of nitrogens with zero attached hydrogens (tertiary/aromatic N) is 4. The average molecular weight is 217 g/mol. The molecule has 0 spiro atoms. The van der Waals surface area contributed by atoms with Gasteiger partial charge in [0.05, 0.1) is 23.1 Å². The van der Waals surface area contributed by atoms with Crippen LogP contribution < -0.4 is 5.73 Å². The fourth-order valence-corrected chi connectivity index (χ4v) is 1.64. The quantitative estimate of drug-likeness (QED) is 0.810. The third kappa shape index (κ3) is 1.94. The van der Waals surface area contributed by atoms with Crippen LogP contribution in [0.25, 0.3) is 0 Å². The Morgan fingerprint density at radius 1 is 1.31 bits per heavy atom. The summed E-state index contributed by atoms with van der Waals surface area (Å²) in [5, 5.41) is 12.4. The highest BCUT2D eigenvalue weighted by Gasteiger charge is 2.15. The van der Waals surface area contributed by atoms with E-state index >= 15 is 0 Å². The Hall–Kier alpha value is -1.75. The zero-order valence-electron chi connectivity index (χ0n) is 9.68. The Morgan fingerprint density at radius 2 is 2.06 bits per heavy atom. The van der Waals surface area contributed by atoms with Gasteiger partial charge in [-0.3, -0.25) is 4.68 Å². The number of aromatic nitrogens is 4. The molecular weight excluding hydrogens is 202 g/mol. The molecule has 0 radical (unpaired) electrons. The molecule has 0 saturated heterocycles. The Kier molecular flexibility index (Phi) is 2.70. The lowest BCUT2D eigenvalue weighted by atomic mass is 10.0. The second-order valence-corrected chi connectivity index (χ2v) is 3.92. The van der Waals surface area contributed by atoms with Crippen LogP contribution in [0.4, 0.5) is 0 Å². The smallest absolute Gasteiger partial charge is 0.0837 e. The summed E-state index contributed by atoms with van der Waals surface area (Å²) < 4.78 is 1.74. The Balaban J connectivity index is 2.40. The summed E-state index contributed by atoms with van der Waals surface area (Å²) in [6.45, 7) is 3.81. The molecular formula is C11H15N5. The molecule has 2 aromatic heterocycles.